The molecule has 22 heavy (non-hydrogen) atoms. The van der Waals surface area contributed by atoms with Crippen molar-refractivity contribution < 1.29 is 9.53 Å². The summed E-state index contributed by atoms with van der Waals surface area (Å²) in [5.74, 6) is 0.0759. The van der Waals surface area contributed by atoms with E-state index in [4.69, 9.17) is 4.74 Å². The third-order valence-electron chi connectivity index (χ3n) is 3.84. The van der Waals surface area contributed by atoms with Crippen LogP contribution < -0.4 is 0 Å². The van der Waals surface area contributed by atoms with E-state index >= 15 is 0 Å². The van der Waals surface area contributed by atoms with Crippen LogP contribution in [0.2, 0.25) is 0 Å². The molecule has 0 aliphatic carbocycles. The van der Waals surface area contributed by atoms with E-state index in [1.807, 2.05) is 60.4 Å². The summed E-state index contributed by atoms with van der Waals surface area (Å²) in [6.07, 6.45) is -0.0694. The Kier molecular flexibility index (Phi) is 4.60. The van der Waals surface area contributed by atoms with E-state index in [1.54, 1.807) is 0 Å². The lowest BCUT2D eigenvalue weighted by Gasteiger charge is -2.33. The highest BCUT2D eigenvalue weighted by Crippen LogP contribution is 2.25. The van der Waals surface area contributed by atoms with Crippen LogP contribution >= 0.6 is 15.9 Å². The SMILES string of the molecule is Cc1cccc(C(=O)N2CCOC(c3cccc(Br)c3)C2)c1. The molecule has 0 bridgehead atoms. The standard InChI is InChI=1S/C18H18BrNO2/c1-13-4-2-6-15(10-13)18(21)20-8-9-22-17(12-20)14-5-3-7-16(19)11-14/h2-7,10-11,17H,8-9,12H2,1H3. The van der Waals surface area contributed by atoms with Gasteiger partial charge in [0.1, 0.15) is 6.10 Å². The fraction of sp³-hybridized carbons (Fsp3) is 0.278. The Morgan fingerprint density at radius 3 is 2.82 bits per heavy atom. The van der Waals surface area contributed by atoms with E-state index < -0.39 is 0 Å². The Morgan fingerprint density at radius 1 is 1.23 bits per heavy atom. The van der Waals surface area contributed by atoms with Gasteiger partial charge in [-0.2, -0.15) is 0 Å². The van der Waals surface area contributed by atoms with Crippen LogP contribution in [-0.2, 0) is 4.74 Å². The van der Waals surface area contributed by atoms with Crippen molar-refractivity contribution in [3.63, 3.8) is 0 Å². The lowest BCUT2D eigenvalue weighted by Crippen LogP contribution is -2.42. The van der Waals surface area contributed by atoms with Gasteiger partial charge in [-0.05, 0) is 36.8 Å². The van der Waals surface area contributed by atoms with Gasteiger partial charge in [0.2, 0.25) is 0 Å². The molecule has 0 aromatic heterocycles. The van der Waals surface area contributed by atoms with Crippen molar-refractivity contribution in [2.75, 3.05) is 19.7 Å². The van der Waals surface area contributed by atoms with Gasteiger partial charge in [0.05, 0.1) is 13.2 Å². The van der Waals surface area contributed by atoms with E-state index in [0.717, 1.165) is 21.2 Å². The van der Waals surface area contributed by atoms with Crippen LogP contribution in [0.1, 0.15) is 27.6 Å². The van der Waals surface area contributed by atoms with Crippen LogP contribution in [0.15, 0.2) is 53.0 Å². The topological polar surface area (TPSA) is 29.5 Å². The van der Waals surface area contributed by atoms with Gasteiger partial charge in [0.15, 0.2) is 0 Å². The average Bonchev–Trinajstić information content (AvgIpc) is 2.54. The van der Waals surface area contributed by atoms with E-state index in [2.05, 4.69) is 15.9 Å². The predicted octanol–water partition coefficient (Wildman–Crippen LogP) is 3.97. The molecule has 0 spiro atoms. The Morgan fingerprint density at radius 2 is 2.05 bits per heavy atom. The second kappa shape index (κ2) is 6.63. The minimum Gasteiger partial charge on any atom is -0.370 e. The predicted molar refractivity (Wildman–Crippen MR) is 89.9 cm³/mol. The number of carbonyl (C=O) groups is 1. The summed E-state index contributed by atoms with van der Waals surface area (Å²) in [5, 5.41) is 0. The number of hydrogen-bond acceptors (Lipinski definition) is 2. The van der Waals surface area contributed by atoms with Crippen LogP contribution in [0.25, 0.3) is 0 Å². The van der Waals surface area contributed by atoms with Crippen molar-refractivity contribution in [2.45, 2.75) is 13.0 Å². The van der Waals surface area contributed by atoms with Crippen LogP contribution in [0, 0.1) is 6.92 Å². The molecule has 0 radical (unpaired) electrons. The molecule has 1 aliphatic rings. The Hall–Kier alpha value is -1.65. The second-order valence-corrected chi connectivity index (χ2v) is 6.45. The van der Waals surface area contributed by atoms with Crippen molar-refractivity contribution >= 4 is 21.8 Å². The lowest BCUT2D eigenvalue weighted by molar-refractivity contribution is -0.0228. The number of amides is 1. The molecule has 1 heterocycles. The van der Waals surface area contributed by atoms with Crippen LogP contribution in [0.4, 0.5) is 0 Å². The Bertz CT molecular complexity index is 686. The summed E-state index contributed by atoms with van der Waals surface area (Å²) < 4.78 is 6.87. The third-order valence-corrected chi connectivity index (χ3v) is 4.33. The monoisotopic (exact) mass is 359 g/mol. The summed E-state index contributed by atoms with van der Waals surface area (Å²) >= 11 is 3.48. The fourth-order valence-corrected chi connectivity index (χ4v) is 3.12. The van der Waals surface area contributed by atoms with Gasteiger partial charge in [0.25, 0.3) is 5.91 Å². The van der Waals surface area contributed by atoms with Gasteiger partial charge >= 0.3 is 0 Å². The molecular weight excluding hydrogens is 342 g/mol. The fourth-order valence-electron chi connectivity index (χ4n) is 2.70. The second-order valence-electron chi connectivity index (χ2n) is 5.54. The highest BCUT2D eigenvalue weighted by Gasteiger charge is 2.26. The Labute approximate surface area is 139 Å². The maximum atomic E-state index is 12.7. The van der Waals surface area contributed by atoms with Gasteiger partial charge in [0, 0.05) is 16.6 Å². The molecule has 1 amide bonds. The zero-order chi connectivity index (χ0) is 15.5. The number of aryl methyl sites for hydroxylation is 1. The average molecular weight is 360 g/mol. The van der Waals surface area contributed by atoms with Gasteiger partial charge in [-0.25, -0.2) is 0 Å². The number of rotatable bonds is 2. The summed E-state index contributed by atoms with van der Waals surface area (Å²) in [7, 11) is 0. The highest BCUT2D eigenvalue weighted by atomic mass is 79.9. The van der Waals surface area contributed by atoms with E-state index in [0.29, 0.717) is 19.7 Å². The first-order valence-electron chi connectivity index (χ1n) is 7.36. The van der Waals surface area contributed by atoms with Crippen molar-refractivity contribution in [3.8, 4) is 0 Å². The first-order chi connectivity index (χ1) is 10.6. The van der Waals surface area contributed by atoms with E-state index in [-0.39, 0.29) is 12.0 Å². The van der Waals surface area contributed by atoms with Gasteiger partial charge in [-0.1, -0.05) is 45.8 Å². The maximum Gasteiger partial charge on any atom is 0.254 e. The number of hydrogen-bond donors (Lipinski definition) is 0. The molecule has 3 rings (SSSR count). The van der Waals surface area contributed by atoms with Crippen molar-refractivity contribution in [2.24, 2.45) is 0 Å². The van der Waals surface area contributed by atoms with Crippen molar-refractivity contribution in [1.29, 1.82) is 0 Å². The molecule has 114 valence electrons. The number of benzene rings is 2. The van der Waals surface area contributed by atoms with E-state index in [9.17, 15) is 4.79 Å². The lowest BCUT2D eigenvalue weighted by atomic mass is 10.1. The largest absolute Gasteiger partial charge is 0.370 e. The van der Waals surface area contributed by atoms with Crippen LogP contribution in [0.5, 0.6) is 0 Å². The normalized spacial score (nSPS) is 18.3. The van der Waals surface area contributed by atoms with Gasteiger partial charge in [-0.15, -0.1) is 0 Å². The molecule has 1 atom stereocenters. The minimum atomic E-state index is -0.0694. The molecule has 4 heteroatoms. The summed E-state index contributed by atoms with van der Waals surface area (Å²) in [6, 6.07) is 15.8. The molecule has 1 fully saturated rings. The number of carbonyl (C=O) groups excluding carboxylic acids is 1. The molecule has 0 N–H and O–H groups in total. The Balaban J connectivity index is 1.77. The van der Waals surface area contributed by atoms with Crippen molar-refractivity contribution in [1.82, 2.24) is 4.90 Å². The first kappa shape index (κ1) is 15.3. The number of morpholine rings is 1. The minimum absolute atomic E-state index is 0.0694. The quantitative estimate of drug-likeness (QED) is 0.811. The molecule has 1 aliphatic heterocycles. The molecule has 2 aromatic rings. The van der Waals surface area contributed by atoms with Crippen LogP contribution in [0.3, 0.4) is 0 Å². The number of ether oxygens (including phenoxy) is 1. The van der Waals surface area contributed by atoms with Crippen LogP contribution in [-0.4, -0.2) is 30.5 Å². The molecule has 1 saturated heterocycles. The smallest absolute Gasteiger partial charge is 0.254 e. The molecule has 1 unspecified atom stereocenters. The van der Waals surface area contributed by atoms with E-state index in [1.165, 1.54) is 0 Å². The summed E-state index contributed by atoms with van der Waals surface area (Å²) in [5.41, 5.74) is 2.94. The molecule has 2 aromatic carbocycles. The first-order valence-corrected chi connectivity index (χ1v) is 8.16. The number of nitrogens with zero attached hydrogens (tertiary/aromatic N) is 1. The zero-order valence-corrected chi connectivity index (χ0v) is 14.0. The summed E-state index contributed by atoms with van der Waals surface area (Å²) in [6.45, 7) is 3.79. The molecule has 0 saturated carbocycles. The van der Waals surface area contributed by atoms with Crippen molar-refractivity contribution in [3.05, 3.63) is 69.7 Å². The number of halogens is 1. The maximum absolute atomic E-state index is 12.7. The third kappa shape index (κ3) is 3.39. The highest BCUT2D eigenvalue weighted by molar-refractivity contribution is 9.10. The molecular formula is C18H18BrNO2. The van der Waals surface area contributed by atoms with Gasteiger partial charge in [-0.3, -0.25) is 4.79 Å². The summed E-state index contributed by atoms with van der Waals surface area (Å²) in [4.78, 5) is 14.5. The van der Waals surface area contributed by atoms with Gasteiger partial charge < -0.3 is 9.64 Å². The zero-order valence-electron chi connectivity index (χ0n) is 12.5. The molecule has 3 nitrogen and oxygen atoms in total.